The summed E-state index contributed by atoms with van der Waals surface area (Å²) in [6.45, 7) is 2.85. The second kappa shape index (κ2) is 9.52. The zero-order chi connectivity index (χ0) is 19.8. The van der Waals surface area contributed by atoms with E-state index in [0.717, 1.165) is 5.56 Å². The molecule has 0 saturated heterocycles. The van der Waals surface area contributed by atoms with Gasteiger partial charge in [-0.05, 0) is 30.7 Å². The number of amides is 1. The number of ether oxygens (including phenoxy) is 2. The molecule has 0 heterocycles. The molecular weight excluding hydrogens is 346 g/mol. The van der Waals surface area contributed by atoms with Gasteiger partial charge in [0.1, 0.15) is 12.4 Å². The predicted octanol–water partition coefficient (Wildman–Crippen LogP) is 3.21. The lowest BCUT2D eigenvalue weighted by molar-refractivity contribution is -0.145. The molecule has 0 saturated carbocycles. The number of ketones is 1. The summed E-state index contributed by atoms with van der Waals surface area (Å²) < 4.78 is 10.6. The number of nitrogens with one attached hydrogen (secondary N) is 1. The minimum absolute atomic E-state index is 0.00168. The van der Waals surface area contributed by atoms with E-state index in [1.165, 1.54) is 21.0 Å². The van der Waals surface area contributed by atoms with Crippen LogP contribution < -0.4 is 10.1 Å². The van der Waals surface area contributed by atoms with Crippen molar-refractivity contribution in [1.82, 2.24) is 5.32 Å². The number of esters is 1. The first-order valence-electron chi connectivity index (χ1n) is 8.56. The summed E-state index contributed by atoms with van der Waals surface area (Å²) in [4.78, 5) is 35.3. The van der Waals surface area contributed by atoms with Crippen LogP contribution in [0.4, 0.5) is 0 Å². The van der Waals surface area contributed by atoms with Crippen LogP contribution in [0.15, 0.2) is 48.5 Å². The summed E-state index contributed by atoms with van der Waals surface area (Å²) in [5.41, 5.74) is 1.94. The summed E-state index contributed by atoms with van der Waals surface area (Å²) in [5, 5.41) is 2.76. The van der Waals surface area contributed by atoms with Gasteiger partial charge in [-0.1, -0.05) is 30.3 Å². The lowest BCUT2D eigenvalue weighted by Crippen LogP contribution is -2.28. The summed E-state index contributed by atoms with van der Waals surface area (Å²) in [6, 6.07) is 13.7. The molecule has 0 aliphatic heterocycles. The summed E-state index contributed by atoms with van der Waals surface area (Å²) in [6.07, 6.45) is -0.00168. The largest absolute Gasteiger partial charge is 0.496 e. The maximum Gasteiger partial charge on any atom is 0.308 e. The van der Waals surface area contributed by atoms with Crippen LogP contribution in [0.3, 0.4) is 0 Å². The third kappa shape index (κ3) is 5.95. The van der Waals surface area contributed by atoms with Gasteiger partial charge in [0.15, 0.2) is 5.78 Å². The molecule has 0 aromatic heterocycles. The summed E-state index contributed by atoms with van der Waals surface area (Å²) in [7, 11) is 1.51. The van der Waals surface area contributed by atoms with Gasteiger partial charge >= 0.3 is 5.97 Å². The molecular formula is C21H23NO5. The third-order valence-electron chi connectivity index (χ3n) is 4.03. The Labute approximate surface area is 158 Å². The van der Waals surface area contributed by atoms with Gasteiger partial charge in [-0.15, -0.1) is 0 Å². The number of carbonyl (C=O) groups excluding carboxylic acids is 3. The lowest BCUT2D eigenvalue weighted by Gasteiger charge is -2.18. The number of benzene rings is 2. The minimum Gasteiger partial charge on any atom is -0.496 e. The van der Waals surface area contributed by atoms with Gasteiger partial charge in [0, 0.05) is 18.1 Å². The van der Waals surface area contributed by atoms with E-state index in [2.05, 4.69) is 5.32 Å². The molecule has 0 aliphatic carbocycles. The molecule has 1 atom stereocenters. The molecule has 0 aliphatic rings. The van der Waals surface area contributed by atoms with Crippen molar-refractivity contribution in [3.63, 3.8) is 0 Å². The second-order valence-corrected chi connectivity index (χ2v) is 6.11. The fourth-order valence-corrected chi connectivity index (χ4v) is 2.68. The van der Waals surface area contributed by atoms with Crippen molar-refractivity contribution in [1.29, 1.82) is 0 Å². The van der Waals surface area contributed by atoms with Crippen molar-refractivity contribution in [2.75, 3.05) is 7.11 Å². The second-order valence-electron chi connectivity index (χ2n) is 6.11. The van der Waals surface area contributed by atoms with Crippen LogP contribution in [0.25, 0.3) is 0 Å². The van der Waals surface area contributed by atoms with E-state index >= 15 is 0 Å². The van der Waals surface area contributed by atoms with E-state index < -0.39 is 12.0 Å². The Bertz CT molecular complexity index is 817. The van der Waals surface area contributed by atoms with Crippen molar-refractivity contribution in [2.24, 2.45) is 0 Å². The molecule has 2 aromatic carbocycles. The Morgan fingerprint density at radius 3 is 2.33 bits per heavy atom. The Kier molecular flexibility index (Phi) is 7.11. The molecule has 2 aromatic rings. The molecule has 0 fully saturated rings. The lowest BCUT2D eigenvalue weighted by atomic mass is 10.0. The minimum atomic E-state index is -0.471. The van der Waals surface area contributed by atoms with E-state index in [9.17, 15) is 14.4 Å². The van der Waals surface area contributed by atoms with Crippen LogP contribution in [0, 0.1) is 0 Å². The molecule has 6 nitrogen and oxygen atoms in total. The normalized spacial score (nSPS) is 11.4. The fraction of sp³-hybridized carbons (Fsp3) is 0.286. The monoisotopic (exact) mass is 369 g/mol. The highest BCUT2D eigenvalue weighted by Crippen LogP contribution is 2.22. The Hall–Kier alpha value is -3.15. The first-order valence-corrected chi connectivity index (χ1v) is 8.56. The maximum atomic E-state index is 12.3. The maximum absolute atomic E-state index is 12.3. The SMILES string of the molecule is COc1ccc(C(C)=O)cc1COC(=O)CC(NC(C)=O)c1ccccc1. The van der Waals surface area contributed by atoms with Crippen molar-refractivity contribution in [3.8, 4) is 5.75 Å². The molecule has 1 amide bonds. The summed E-state index contributed by atoms with van der Waals surface area (Å²) >= 11 is 0. The van der Waals surface area contributed by atoms with Crippen LogP contribution in [-0.4, -0.2) is 24.8 Å². The van der Waals surface area contributed by atoms with Gasteiger partial charge in [0.25, 0.3) is 0 Å². The van der Waals surface area contributed by atoms with Crippen LogP contribution in [0.2, 0.25) is 0 Å². The molecule has 0 bridgehead atoms. The third-order valence-corrected chi connectivity index (χ3v) is 4.03. The first kappa shape index (κ1) is 20.2. The van der Waals surface area contributed by atoms with Crippen molar-refractivity contribution in [3.05, 3.63) is 65.2 Å². The number of hydrogen-bond donors (Lipinski definition) is 1. The van der Waals surface area contributed by atoms with Gasteiger partial charge in [0.2, 0.25) is 5.91 Å². The van der Waals surface area contributed by atoms with Crippen molar-refractivity contribution < 1.29 is 23.9 Å². The van der Waals surface area contributed by atoms with E-state index in [-0.39, 0.29) is 24.7 Å². The van der Waals surface area contributed by atoms with Gasteiger partial charge in [-0.2, -0.15) is 0 Å². The zero-order valence-corrected chi connectivity index (χ0v) is 15.7. The van der Waals surface area contributed by atoms with Gasteiger partial charge in [-0.3, -0.25) is 14.4 Å². The number of carbonyl (C=O) groups is 3. The number of hydrogen-bond acceptors (Lipinski definition) is 5. The highest BCUT2D eigenvalue weighted by atomic mass is 16.5. The zero-order valence-electron chi connectivity index (χ0n) is 15.7. The Morgan fingerprint density at radius 1 is 1.04 bits per heavy atom. The first-order chi connectivity index (χ1) is 12.9. The smallest absolute Gasteiger partial charge is 0.308 e. The molecule has 2 rings (SSSR count). The van der Waals surface area contributed by atoms with Gasteiger partial charge in [0.05, 0.1) is 19.6 Å². The van der Waals surface area contributed by atoms with Crippen LogP contribution in [-0.2, 0) is 20.9 Å². The van der Waals surface area contributed by atoms with E-state index in [1.807, 2.05) is 30.3 Å². The number of rotatable bonds is 8. The highest BCUT2D eigenvalue weighted by Gasteiger charge is 2.18. The molecule has 27 heavy (non-hydrogen) atoms. The van der Waals surface area contributed by atoms with Crippen LogP contribution in [0.5, 0.6) is 5.75 Å². The van der Waals surface area contributed by atoms with Gasteiger partial charge < -0.3 is 14.8 Å². The molecule has 6 heteroatoms. The number of methoxy groups -OCH3 is 1. The average molecular weight is 369 g/mol. The molecule has 1 N–H and O–H groups in total. The van der Waals surface area contributed by atoms with Crippen LogP contribution >= 0.6 is 0 Å². The Morgan fingerprint density at radius 2 is 1.74 bits per heavy atom. The quantitative estimate of drug-likeness (QED) is 0.571. The molecule has 0 spiro atoms. The topological polar surface area (TPSA) is 81.7 Å². The standard InChI is InChI=1S/C21H23NO5/c1-14(23)17-9-10-20(26-3)18(11-17)13-27-21(25)12-19(22-15(2)24)16-7-5-4-6-8-16/h4-11,19H,12-13H2,1-3H3,(H,22,24). The predicted molar refractivity (Wildman–Crippen MR) is 100 cm³/mol. The highest BCUT2D eigenvalue weighted by molar-refractivity contribution is 5.94. The van der Waals surface area contributed by atoms with Crippen LogP contribution in [0.1, 0.15) is 47.8 Å². The average Bonchev–Trinajstić information content (AvgIpc) is 2.65. The molecule has 1 unspecified atom stereocenters. The molecule has 0 radical (unpaired) electrons. The van der Waals surface area contributed by atoms with Crippen molar-refractivity contribution >= 4 is 17.7 Å². The fourth-order valence-electron chi connectivity index (χ4n) is 2.68. The van der Waals surface area contributed by atoms with E-state index in [4.69, 9.17) is 9.47 Å². The van der Waals surface area contributed by atoms with Gasteiger partial charge in [-0.25, -0.2) is 0 Å². The van der Waals surface area contributed by atoms with Crippen molar-refractivity contribution in [2.45, 2.75) is 32.9 Å². The Balaban J connectivity index is 2.07. The number of Topliss-reactive ketones (excluding diaryl/α,β-unsaturated/α-hetero) is 1. The summed E-state index contributed by atoms with van der Waals surface area (Å²) in [5.74, 6) is -0.241. The molecule has 142 valence electrons. The van der Waals surface area contributed by atoms with E-state index in [0.29, 0.717) is 16.9 Å². The van der Waals surface area contributed by atoms with E-state index in [1.54, 1.807) is 18.2 Å².